The largest absolute Gasteiger partial charge is 0.374 e. The van der Waals surface area contributed by atoms with Gasteiger partial charge in [-0.05, 0) is 42.7 Å². The van der Waals surface area contributed by atoms with E-state index in [2.05, 4.69) is 39.9 Å². The van der Waals surface area contributed by atoms with Crippen LogP contribution in [-0.4, -0.2) is 19.1 Å². The number of nitrogens with zero attached hydrogens (tertiary/aromatic N) is 1. The summed E-state index contributed by atoms with van der Waals surface area (Å²) in [5.74, 6) is 0.754. The van der Waals surface area contributed by atoms with Gasteiger partial charge in [-0.25, -0.2) is 0 Å². The first kappa shape index (κ1) is 19.3. The molecule has 0 unspecified atom stereocenters. The van der Waals surface area contributed by atoms with Gasteiger partial charge in [0.05, 0.1) is 12.7 Å². The first-order chi connectivity index (χ1) is 12.1. The molecule has 0 heterocycles. The Morgan fingerprint density at radius 2 is 1.60 bits per heavy atom. The molecular formula is C20H26ClN3O. The maximum absolute atomic E-state index is 6.01. The molecule has 0 aliphatic carbocycles. The second-order valence-electron chi connectivity index (χ2n) is 6.09. The predicted octanol–water partition coefficient (Wildman–Crippen LogP) is 4.13. The monoisotopic (exact) mass is 359 g/mol. The standard InChI is InChI=1S/C20H26ClN3O/c1-15(2)25-14-18-8-4-6-16(10-18)12-23-20(22-3)24-13-17-7-5-9-19(21)11-17/h4-11,15H,12-14H2,1-3H3,(H2,22,23,24). The average Bonchev–Trinajstić information content (AvgIpc) is 2.60. The molecule has 0 aromatic heterocycles. The summed E-state index contributed by atoms with van der Waals surface area (Å²) in [4.78, 5) is 4.26. The lowest BCUT2D eigenvalue weighted by Crippen LogP contribution is -2.36. The molecule has 25 heavy (non-hydrogen) atoms. The van der Waals surface area contributed by atoms with Crippen molar-refractivity contribution >= 4 is 17.6 Å². The molecule has 0 fully saturated rings. The van der Waals surface area contributed by atoms with Crippen LogP contribution in [0, 0.1) is 0 Å². The highest BCUT2D eigenvalue weighted by Gasteiger charge is 2.02. The highest BCUT2D eigenvalue weighted by molar-refractivity contribution is 6.30. The second kappa shape index (κ2) is 10.1. The molecule has 0 atom stereocenters. The van der Waals surface area contributed by atoms with Crippen LogP contribution >= 0.6 is 11.6 Å². The summed E-state index contributed by atoms with van der Waals surface area (Å²) in [6.45, 7) is 6.09. The van der Waals surface area contributed by atoms with Gasteiger partial charge in [-0.1, -0.05) is 48.0 Å². The zero-order valence-corrected chi connectivity index (χ0v) is 15.8. The summed E-state index contributed by atoms with van der Waals surface area (Å²) in [5.41, 5.74) is 3.48. The molecule has 0 amide bonds. The number of guanidine groups is 1. The molecule has 0 aliphatic rings. The third-order valence-corrected chi connectivity index (χ3v) is 3.84. The Labute approximate surface area is 155 Å². The summed E-state index contributed by atoms with van der Waals surface area (Å²) < 4.78 is 5.66. The Bertz CT molecular complexity index is 701. The Morgan fingerprint density at radius 1 is 1.00 bits per heavy atom. The fourth-order valence-corrected chi connectivity index (χ4v) is 2.54. The molecule has 0 spiro atoms. The van der Waals surface area contributed by atoms with Gasteiger partial charge in [0.2, 0.25) is 0 Å². The lowest BCUT2D eigenvalue weighted by Gasteiger charge is -2.13. The van der Waals surface area contributed by atoms with Gasteiger partial charge >= 0.3 is 0 Å². The lowest BCUT2D eigenvalue weighted by atomic mass is 10.1. The summed E-state index contributed by atoms with van der Waals surface area (Å²) in [6.07, 6.45) is 0.233. The number of rotatable bonds is 7. The Kier molecular flexibility index (Phi) is 7.76. The van der Waals surface area contributed by atoms with Crippen LogP contribution in [0.5, 0.6) is 0 Å². The minimum absolute atomic E-state index is 0.233. The molecule has 5 heteroatoms. The molecule has 134 valence electrons. The third kappa shape index (κ3) is 7.16. The van der Waals surface area contributed by atoms with E-state index in [0.29, 0.717) is 19.7 Å². The molecule has 2 aromatic carbocycles. The van der Waals surface area contributed by atoms with Gasteiger partial charge in [0.15, 0.2) is 5.96 Å². The zero-order chi connectivity index (χ0) is 18.1. The molecule has 0 radical (unpaired) electrons. The second-order valence-corrected chi connectivity index (χ2v) is 6.53. The summed E-state index contributed by atoms with van der Waals surface area (Å²) in [7, 11) is 1.76. The maximum Gasteiger partial charge on any atom is 0.191 e. The van der Waals surface area contributed by atoms with Crippen molar-refractivity contribution in [2.45, 2.75) is 39.6 Å². The van der Waals surface area contributed by atoms with Crippen LogP contribution in [0.2, 0.25) is 5.02 Å². The van der Waals surface area contributed by atoms with Crippen LogP contribution in [-0.2, 0) is 24.4 Å². The smallest absolute Gasteiger partial charge is 0.191 e. The molecule has 0 bridgehead atoms. The molecule has 0 saturated heterocycles. The fourth-order valence-electron chi connectivity index (χ4n) is 2.33. The van der Waals surface area contributed by atoms with Crippen molar-refractivity contribution in [1.82, 2.24) is 10.6 Å². The van der Waals surface area contributed by atoms with Gasteiger partial charge in [-0.3, -0.25) is 4.99 Å². The first-order valence-electron chi connectivity index (χ1n) is 8.45. The quantitative estimate of drug-likeness (QED) is 0.577. The van der Waals surface area contributed by atoms with Crippen molar-refractivity contribution in [2.75, 3.05) is 7.05 Å². The molecule has 4 nitrogen and oxygen atoms in total. The number of ether oxygens (including phenoxy) is 1. The molecule has 0 aliphatic heterocycles. The van der Waals surface area contributed by atoms with Crippen molar-refractivity contribution < 1.29 is 4.74 Å². The van der Waals surface area contributed by atoms with Gasteiger partial charge < -0.3 is 15.4 Å². The van der Waals surface area contributed by atoms with Gasteiger partial charge in [0.25, 0.3) is 0 Å². The van der Waals surface area contributed by atoms with Crippen molar-refractivity contribution in [3.63, 3.8) is 0 Å². The van der Waals surface area contributed by atoms with Gasteiger partial charge in [-0.15, -0.1) is 0 Å². The van der Waals surface area contributed by atoms with Crippen molar-refractivity contribution in [1.29, 1.82) is 0 Å². The number of hydrogen-bond donors (Lipinski definition) is 2. The predicted molar refractivity (Wildman–Crippen MR) is 105 cm³/mol. The van der Waals surface area contributed by atoms with E-state index in [1.165, 1.54) is 11.1 Å². The average molecular weight is 360 g/mol. The minimum atomic E-state index is 0.233. The van der Waals surface area contributed by atoms with E-state index in [0.717, 1.165) is 16.5 Å². The first-order valence-corrected chi connectivity index (χ1v) is 8.83. The Morgan fingerprint density at radius 3 is 2.20 bits per heavy atom. The molecule has 2 rings (SSSR count). The van der Waals surface area contributed by atoms with E-state index in [-0.39, 0.29) is 6.10 Å². The summed E-state index contributed by atoms with van der Waals surface area (Å²) in [5, 5.41) is 7.36. The van der Waals surface area contributed by atoms with E-state index in [1.807, 2.05) is 38.1 Å². The molecule has 2 aromatic rings. The van der Waals surface area contributed by atoms with Crippen molar-refractivity contribution in [3.8, 4) is 0 Å². The van der Waals surface area contributed by atoms with Crippen molar-refractivity contribution in [2.24, 2.45) is 4.99 Å². The fraction of sp³-hybridized carbons (Fsp3) is 0.350. The van der Waals surface area contributed by atoms with Gasteiger partial charge in [0, 0.05) is 25.2 Å². The highest BCUT2D eigenvalue weighted by Crippen LogP contribution is 2.10. The number of nitrogens with one attached hydrogen (secondary N) is 2. The third-order valence-electron chi connectivity index (χ3n) is 3.61. The highest BCUT2D eigenvalue weighted by atomic mass is 35.5. The Balaban J connectivity index is 1.85. The van der Waals surface area contributed by atoms with Gasteiger partial charge in [-0.2, -0.15) is 0 Å². The molecule has 2 N–H and O–H groups in total. The van der Waals surface area contributed by atoms with Gasteiger partial charge in [0.1, 0.15) is 0 Å². The van der Waals surface area contributed by atoms with E-state index in [1.54, 1.807) is 7.05 Å². The van der Waals surface area contributed by atoms with Crippen LogP contribution in [0.1, 0.15) is 30.5 Å². The van der Waals surface area contributed by atoms with Crippen LogP contribution in [0.3, 0.4) is 0 Å². The Hall–Kier alpha value is -2.04. The number of benzene rings is 2. The van der Waals surface area contributed by atoms with Crippen LogP contribution in [0.25, 0.3) is 0 Å². The number of aliphatic imine (C=N–C) groups is 1. The van der Waals surface area contributed by atoms with Crippen LogP contribution in [0.4, 0.5) is 0 Å². The van der Waals surface area contributed by atoms with Crippen LogP contribution in [0.15, 0.2) is 53.5 Å². The summed E-state index contributed by atoms with van der Waals surface area (Å²) >= 11 is 6.01. The SMILES string of the molecule is CN=C(NCc1cccc(Cl)c1)NCc1cccc(COC(C)C)c1. The van der Waals surface area contributed by atoms with E-state index >= 15 is 0 Å². The topological polar surface area (TPSA) is 45.7 Å². The number of halogens is 1. The minimum Gasteiger partial charge on any atom is -0.374 e. The van der Waals surface area contributed by atoms with E-state index in [9.17, 15) is 0 Å². The maximum atomic E-state index is 6.01. The zero-order valence-electron chi connectivity index (χ0n) is 15.1. The molecule has 0 saturated carbocycles. The lowest BCUT2D eigenvalue weighted by molar-refractivity contribution is 0.0657. The van der Waals surface area contributed by atoms with Crippen molar-refractivity contribution in [3.05, 3.63) is 70.2 Å². The normalized spacial score (nSPS) is 11.6. The van der Waals surface area contributed by atoms with E-state index in [4.69, 9.17) is 16.3 Å². The number of hydrogen-bond acceptors (Lipinski definition) is 2. The van der Waals surface area contributed by atoms with Crippen LogP contribution < -0.4 is 10.6 Å². The summed E-state index contributed by atoms with van der Waals surface area (Å²) in [6, 6.07) is 16.2. The van der Waals surface area contributed by atoms with E-state index < -0.39 is 0 Å². The molecular weight excluding hydrogens is 334 g/mol.